The maximum absolute atomic E-state index is 12.3. The van der Waals surface area contributed by atoms with Gasteiger partial charge in [0, 0.05) is 19.7 Å². The van der Waals surface area contributed by atoms with Crippen LogP contribution < -0.4 is 9.47 Å². The zero-order chi connectivity index (χ0) is 17.1. The van der Waals surface area contributed by atoms with Crippen molar-refractivity contribution in [3.63, 3.8) is 0 Å². The first kappa shape index (κ1) is 16.4. The predicted octanol–water partition coefficient (Wildman–Crippen LogP) is 1.88. The van der Waals surface area contributed by atoms with Crippen LogP contribution in [0.2, 0.25) is 0 Å². The number of ether oxygens (including phenoxy) is 3. The van der Waals surface area contributed by atoms with E-state index < -0.39 is 0 Å². The van der Waals surface area contributed by atoms with E-state index in [-0.39, 0.29) is 25.3 Å². The molecule has 0 aromatic heterocycles. The van der Waals surface area contributed by atoms with E-state index in [1.54, 1.807) is 19.2 Å². The predicted molar refractivity (Wildman–Crippen MR) is 89.8 cm³/mol. The summed E-state index contributed by atoms with van der Waals surface area (Å²) in [6.45, 7) is 1.85. The van der Waals surface area contributed by atoms with Crippen LogP contribution in [0.5, 0.6) is 11.5 Å². The number of nitrogens with zero attached hydrogens (tertiary/aromatic N) is 2. The molecule has 24 heavy (non-hydrogen) atoms. The van der Waals surface area contributed by atoms with Gasteiger partial charge in [0.25, 0.3) is 5.91 Å². The quantitative estimate of drug-likeness (QED) is 0.470. The molecule has 1 amide bonds. The van der Waals surface area contributed by atoms with Gasteiger partial charge in [0.1, 0.15) is 12.3 Å². The van der Waals surface area contributed by atoms with Gasteiger partial charge in [0.15, 0.2) is 16.7 Å². The minimum Gasteiger partial charge on any atom is -0.465 e. The highest BCUT2D eigenvalue weighted by atomic mass is 32.2. The molecule has 2 aliphatic heterocycles. The summed E-state index contributed by atoms with van der Waals surface area (Å²) in [4.78, 5) is 28.9. The molecule has 3 rings (SSSR count). The van der Waals surface area contributed by atoms with Crippen LogP contribution in [-0.4, -0.2) is 48.1 Å². The Morgan fingerprint density at radius 3 is 3.00 bits per heavy atom. The van der Waals surface area contributed by atoms with Gasteiger partial charge in [-0.05, 0) is 23.8 Å². The lowest BCUT2D eigenvalue weighted by atomic mass is 10.1. The lowest BCUT2D eigenvalue weighted by molar-refractivity contribution is -0.140. The highest BCUT2D eigenvalue weighted by Gasteiger charge is 2.27. The number of aliphatic imine (C=N–C) groups is 1. The molecule has 1 aromatic carbocycles. The first-order valence-corrected chi connectivity index (χ1v) is 8.27. The minimum absolute atomic E-state index is 0.178. The molecular formula is C16H16N2O5S. The Bertz CT molecular complexity index is 744. The Hall–Kier alpha value is -2.48. The number of amidine groups is 1. The fourth-order valence-corrected chi connectivity index (χ4v) is 2.98. The van der Waals surface area contributed by atoms with Gasteiger partial charge in [-0.3, -0.25) is 14.5 Å². The molecule has 0 saturated heterocycles. The molecule has 0 spiro atoms. The SMILES string of the molecule is CC(=O)OCCSC1=N/C(=C\c2ccc3c(c2)OCO3)C(=O)N1C. The molecule has 8 heteroatoms. The third kappa shape index (κ3) is 3.53. The topological polar surface area (TPSA) is 77.4 Å². The summed E-state index contributed by atoms with van der Waals surface area (Å²) < 4.78 is 15.5. The summed E-state index contributed by atoms with van der Waals surface area (Å²) in [7, 11) is 1.67. The van der Waals surface area contributed by atoms with Crippen LogP contribution in [0.25, 0.3) is 6.08 Å². The molecule has 0 fully saturated rings. The number of carbonyl (C=O) groups is 2. The molecule has 1 aromatic rings. The van der Waals surface area contributed by atoms with Gasteiger partial charge in [0.05, 0.1) is 0 Å². The van der Waals surface area contributed by atoms with E-state index in [4.69, 9.17) is 14.2 Å². The van der Waals surface area contributed by atoms with E-state index in [0.29, 0.717) is 28.1 Å². The van der Waals surface area contributed by atoms with Crippen molar-refractivity contribution in [2.45, 2.75) is 6.92 Å². The average molecular weight is 348 g/mol. The Labute approximate surface area is 143 Å². The van der Waals surface area contributed by atoms with Crippen LogP contribution in [-0.2, 0) is 14.3 Å². The average Bonchev–Trinajstić information content (AvgIpc) is 3.11. The third-order valence-electron chi connectivity index (χ3n) is 3.35. The van der Waals surface area contributed by atoms with Crippen LogP contribution >= 0.6 is 11.8 Å². The van der Waals surface area contributed by atoms with Crippen molar-refractivity contribution in [3.8, 4) is 11.5 Å². The van der Waals surface area contributed by atoms with E-state index in [9.17, 15) is 9.59 Å². The number of rotatable bonds is 4. The Balaban J connectivity index is 1.70. The van der Waals surface area contributed by atoms with Crippen LogP contribution in [0, 0.1) is 0 Å². The number of likely N-dealkylation sites (N-methyl/N-ethyl adjacent to an activating group) is 1. The number of hydrogen-bond donors (Lipinski definition) is 0. The lowest BCUT2D eigenvalue weighted by Gasteiger charge is -2.10. The van der Waals surface area contributed by atoms with Crippen molar-refractivity contribution in [2.75, 3.05) is 26.2 Å². The molecule has 0 aliphatic carbocycles. The normalized spacial score (nSPS) is 17.4. The van der Waals surface area contributed by atoms with Crippen molar-refractivity contribution in [1.82, 2.24) is 4.90 Å². The molecule has 2 heterocycles. The maximum atomic E-state index is 12.3. The van der Waals surface area contributed by atoms with Crippen molar-refractivity contribution in [3.05, 3.63) is 29.5 Å². The molecule has 126 valence electrons. The van der Waals surface area contributed by atoms with Gasteiger partial charge in [-0.2, -0.15) is 0 Å². The second kappa shape index (κ2) is 6.96. The van der Waals surface area contributed by atoms with E-state index >= 15 is 0 Å². The maximum Gasteiger partial charge on any atom is 0.302 e. The van der Waals surface area contributed by atoms with Gasteiger partial charge in [-0.1, -0.05) is 17.8 Å². The molecule has 2 aliphatic rings. The first-order chi connectivity index (χ1) is 11.5. The van der Waals surface area contributed by atoms with Gasteiger partial charge in [-0.15, -0.1) is 0 Å². The van der Waals surface area contributed by atoms with E-state index in [1.165, 1.54) is 23.6 Å². The van der Waals surface area contributed by atoms with Gasteiger partial charge in [0.2, 0.25) is 6.79 Å². The number of fused-ring (bicyclic) bond motifs is 1. The number of benzene rings is 1. The van der Waals surface area contributed by atoms with Crippen molar-refractivity contribution >= 4 is 34.9 Å². The second-order valence-corrected chi connectivity index (χ2v) is 6.15. The highest BCUT2D eigenvalue weighted by Crippen LogP contribution is 2.33. The zero-order valence-electron chi connectivity index (χ0n) is 13.3. The number of carbonyl (C=O) groups excluding carboxylic acids is 2. The fourth-order valence-electron chi connectivity index (χ4n) is 2.19. The summed E-state index contributed by atoms with van der Waals surface area (Å²) in [5.41, 5.74) is 1.16. The fraction of sp³-hybridized carbons (Fsp3) is 0.312. The minimum atomic E-state index is -0.322. The van der Waals surface area contributed by atoms with Crippen molar-refractivity contribution < 1.29 is 23.8 Å². The Morgan fingerprint density at radius 2 is 2.21 bits per heavy atom. The lowest BCUT2D eigenvalue weighted by Crippen LogP contribution is -2.26. The largest absolute Gasteiger partial charge is 0.465 e. The number of esters is 1. The monoisotopic (exact) mass is 348 g/mol. The van der Waals surface area contributed by atoms with Crippen LogP contribution in [0.4, 0.5) is 0 Å². The standard InChI is InChI=1S/C16H16N2O5S/c1-10(19)21-5-6-24-16-17-12(15(20)18(16)2)7-11-3-4-13-14(8-11)23-9-22-13/h3-4,7-8H,5-6,9H2,1-2H3/b12-7-. The molecular weight excluding hydrogens is 332 g/mol. The molecule has 0 N–H and O–H groups in total. The van der Waals surface area contributed by atoms with Crippen molar-refractivity contribution in [2.24, 2.45) is 4.99 Å². The van der Waals surface area contributed by atoms with E-state index in [1.807, 2.05) is 12.1 Å². The van der Waals surface area contributed by atoms with Crippen LogP contribution in [0.3, 0.4) is 0 Å². The molecule has 0 atom stereocenters. The summed E-state index contributed by atoms with van der Waals surface area (Å²) in [5.74, 6) is 1.38. The summed E-state index contributed by atoms with van der Waals surface area (Å²) in [6, 6.07) is 5.45. The van der Waals surface area contributed by atoms with Crippen LogP contribution in [0.15, 0.2) is 28.9 Å². The smallest absolute Gasteiger partial charge is 0.302 e. The molecule has 0 saturated carbocycles. The van der Waals surface area contributed by atoms with Crippen LogP contribution in [0.1, 0.15) is 12.5 Å². The van der Waals surface area contributed by atoms with E-state index in [0.717, 1.165) is 5.56 Å². The first-order valence-electron chi connectivity index (χ1n) is 7.29. The van der Waals surface area contributed by atoms with Gasteiger partial charge >= 0.3 is 5.97 Å². The molecule has 0 radical (unpaired) electrons. The molecule has 7 nitrogen and oxygen atoms in total. The second-order valence-electron chi connectivity index (χ2n) is 5.09. The zero-order valence-corrected chi connectivity index (χ0v) is 14.1. The summed E-state index contributed by atoms with van der Waals surface area (Å²) >= 11 is 1.36. The van der Waals surface area contributed by atoms with Crippen molar-refractivity contribution in [1.29, 1.82) is 0 Å². The number of thioether (sulfide) groups is 1. The Morgan fingerprint density at radius 1 is 1.42 bits per heavy atom. The number of hydrogen-bond acceptors (Lipinski definition) is 7. The third-order valence-corrected chi connectivity index (χ3v) is 4.34. The number of amides is 1. The van der Waals surface area contributed by atoms with Gasteiger partial charge < -0.3 is 14.2 Å². The highest BCUT2D eigenvalue weighted by molar-refractivity contribution is 8.13. The molecule has 0 bridgehead atoms. The van der Waals surface area contributed by atoms with E-state index in [2.05, 4.69) is 4.99 Å². The van der Waals surface area contributed by atoms with Gasteiger partial charge in [-0.25, -0.2) is 4.99 Å². The Kier molecular flexibility index (Phi) is 4.75. The summed E-state index contributed by atoms with van der Waals surface area (Å²) in [5, 5.41) is 0.583. The summed E-state index contributed by atoms with van der Waals surface area (Å²) in [6.07, 6.45) is 1.71. The molecule has 0 unspecified atom stereocenters.